The minimum Gasteiger partial charge on any atom is -0.0831 e. The van der Waals surface area contributed by atoms with Gasteiger partial charge in [0.05, 0.1) is 5.02 Å². The molecule has 0 amide bonds. The fourth-order valence-electron chi connectivity index (χ4n) is 1.08. The molecule has 1 aromatic rings. The van der Waals surface area contributed by atoms with Crippen molar-refractivity contribution in [2.24, 2.45) is 0 Å². The zero-order valence-electron chi connectivity index (χ0n) is 7.49. The van der Waals surface area contributed by atoms with Crippen molar-refractivity contribution in [1.82, 2.24) is 0 Å². The van der Waals surface area contributed by atoms with E-state index in [0.717, 1.165) is 9.50 Å². The van der Waals surface area contributed by atoms with E-state index in [2.05, 4.69) is 42.8 Å². The largest absolute Gasteiger partial charge is 0.0831 e. The average molecular weight is 248 g/mol. The Kier molecular flexibility index (Phi) is 2.84. The van der Waals surface area contributed by atoms with Crippen LogP contribution in [0.5, 0.6) is 0 Å². The topological polar surface area (TPSA) is 0 Å². The predicted molar refractivity (Wildman–Crippen MR) is 57.9 cm³/mol. The molecule has 0 aromatic heterocycles. The number of hydrogen-bond acceptors (Lipinski definition) is 0. The van der Waals surface area contributed by atoms with Gasteiger partial charge in [-0.2, -0.15) is 0 Å². The molecule has 2 heteroatoms. The van der Waals surface area contributed by atoms with Gasteiger partial charge in [0.15, 0.2) is 0 Å². The van der Waals surface area contributed by atoms with Gasteiger partial charge in [0, 0.05) is 4.47 Å². The number of benzene rings is 1. The molecule has 0 unspecified atom stereocenters. The number of hydrogen-bond donors (Lipinski definition) is 0. The first-order valence-electron chi connectivity index (χ1n) is 3.87. The summed E-state index contributed by atoms with van der Waals surface area (Å²) in [5.74, 6) is 0. The van der Waals surface area contributed by atoms with Crippen LogP contribution in [0.2, 0.25) is 5.02 Å². The second-order valence-corrected chi connectivity index (χ2v) is 5.05. The fourth-order valence-corrected chi connectivity index (χ4v) is 2.12. The van der Waals surface area contributed by atoms with Crippen LogP contribution in [0.25, 0.3) is 0 Å². The van der Waals surface area contributed by atoms with E-state index in [1.165, 1.54) is 5.56 Å². The molecular formula is C10H12BrCl. The van der Waals surface area contributed by atoms with Crippen molar-refractivity contribution < 1.29 is 0 Å². The van der Waals surface area contributed by atoms with Crippen LogP contribution in [0, 0.1) is 0 Å². The van der Waals surface area contributed by atoms with Gasteiger partial charge in [-0.1, -0.05) is 44.5 Å². The second-order valence-electron chi connectivity index (χ2n) is 3.85. The molecule has 0 fully saturated rings. The van der Waals surface area contributed by atoms with Gasteiger partial charge in [0.25, 0.3) is 0 Å². The summed E-state index contributed by atoms with van der Waals surface area (Å²) in [6, 6.07) is 5.96. The lowest BCUT2D eigenvalue weighted by Gasteiger charge is -2.21. The zero-order valence-corrected chi connectivity index (χ0v) is 9.83. The highest BCUT2D eigenvalue weighted by Gasteiger charge is 2.17. The van der Waals surface area contributed by atoms with E-state index in [-0.39, 0.29) is 5.41 Å². The van der Waals surface area contributed by atoms with E-state index in [1.54, 1.807) is 0 Å². The van der Waals surface area contributed by atoms with Crippen molar-refractivity contribution in [3.05, 3.63) is 33.3 Å². The maximum absolute atomic E-state index is 5.97. The second kappa shape index (κ2) is 3.39. The van der Waals surface area contributed by atoms with E-state index in [0.29, 0.717) is 0 Å². The lowest BCUT2D eigenvalue weighted by Crippen LogP contribution is -2.11. The number of halogens is 2. The summed E-state index contributed by atoms with van der Waals surface area (Å²) in [6.45, 7) is 6.51. The molecule has 0 saturated carbocycles. The van der Waals surface area contributed by atoms with E-state index in [1.807, 2.05) is 12.1 Å². The summed E-state index contributed by atoms with van der Waals surface area (Å²) in [7, 11) is 0. The highest BCUT2D eigenvalue weighted by molar-refractivity contribution is 9.10. The van der Waals surface area contributed by atoms with Gasteiger partial charge in [0.2, 0.25) is 0 Å². The molecule has 0 nitrogen and oxygen atoms in total. The predicted octanol–water partition coefficient (Wildman–Crippen LogP) is 4.40. The highest BCUT2D eigenvalue weighted by Crippen LogP contribution is 2.34. The molecular weight excluding hydrogens is 235 g/mol. The molecule has 0 aliphatic rings. The Hall–Kier alpha value is -0.0100. The molecule has 66 valence electrons. The van der Waals surface area contributed by atoms with Crippen molar-refractivity contribution in [3.63, 3.8) is 0 Å². The molecule has 0 bridgehead atoms. The molecule has 0 heterocycles. The standard InChI is InChI=1S/C10H12BrCl/c1-10(2,3)7-5-4-6-8(12)9(7)11/h4-6H,1-3H3. The van der Waals surface area contributed by atoms with Gasteiger partial charge in [-0.25, -0.2) is 0 Å². The first kappa shape index (κ1) is 10.1. The molecule has 0 saturated heterocycles. The summed E-state index contributed by atoms with van der Waals surface area (Å²) in [5, 5.41) is 0.780. The minimum absolute atomic E-state index is 0.143. The van der Waals surface area contributed by atoms with Crippen LogP contribution in [-0.2, 0) is 5.41 Å². The fraction of sp³-hybridized carbons (Fsp3) is 0.400. The van der Waals surface area contributed by atoms with Gasteiger partial charge < -0.3 is 0 Å². The monoisotopic (exact) mass is 246 g/mol. The Morgan fingerprint density at radius 3 is 2.25 bits per heavy atom. The van der Waals surface area contributed by atoms with Gasteiger partial charge in [-0.15, -0.1) is 0 Å². The summed E-state index contributed by atoms with van der Waals surface area (Å²) < 4.78 is 1.01. The van der Waals surface area contributed by atoms with Crippen molar-refractivity contribution in [1.29, 1.82) is 0 Å². The van der Waals surface area contributed by atoms with Crippen molar-refractivity contribution >= 4 is 27.5 Å². The molecule has 1 aromatic carbocycles. The smallest absolute Gasteiger partial charge is 0.0551 e. The zero-order chi connectivity index (χ0) is 9.35. The van der Waals surface area contributed by atoms with E-state index >= 15 is 0 Å². The Labute approximate surface area is 87.1 Å². The molecule has 0 aliphatic carbocycles. The maximum atomic E-state index is 5.97. The van der Waals surface area contributed by atoms with Crippen molar-refractivity contribution in [2.45, 2.75) is 26.2 Å². The third-order valence-electron chi connectivity index (χ3n) is 1.76. The average Bonchev–Trinajstić information content (AvgIpc) is 1.92. The first-order valence-corrected chi connectivity index (χ1v) is 5.04. The number of rotatable bonds is 0. The van der Waals surface area contributed by atoms with Crippen LogP contribution in [0.15, 0.2) is 22.7 Å². The van der Waals surface area contributed by atoms with Crippen LogP contribution in [0.4, 0.5) is 0 Å². The Balaban J connectivity index is 3.26. The molecule has 0 spiro atoms. The quantitative estimate of drug-likeness (QED) is 0.637. The molecule has 0 aliphatic heterocycles. The molecule has 12 heavy (non-hydrogen) atoms. The summed E-state index contributed by atoms with van der Waals surface area (Å²) in [6.07, 6.45) is 0. The van der Waals surface area contributed by atoms with Crippen molar-refractivity contribution in [3.8, 4) is 0 Å². The summed E-state index contributed by atoms with van der Waals surface area (Å²) in [4.78, 5) is 0. The third-order valence-corrected chi connectivity index (χ3v) is 3.16. The summed E-state index contributed by atoms with van der Waals surface area (Å²) in [5.41, 5.74) is 1.39. The molecule has 1 rings (SSSR count). The van der Waals surface area contributed by atoms with Crippen LogP contribution >= 0.6 is 27.5 Å². The van der Waals surface area contributed by atoms with E-state index in [4.69, 9.17) is 11.6 Å². The maximum Gasteiger partial charge on any atom is 0.0551 e. The van der Waals surface area contributed by atoms with Gasteiger partial charge >= 0.3 is 0 Å². The van der Waals surface area contributed by atoms with Gasteiger partial charge in [-0.05, 0) is 33.0 Å². The lowest BCUT2D eigenvalue weighted by molar-refractivity contribution is 0.587. The lowest BCUT2D eigenvalue weighted by atomic mass is 9.87. The van der Waals surface area contributed by atoms with E-state index in [9.17, 15) is 0 Å². The Morgan fingerprint density at radius 1 is 1.25 bits per heavy atom. The van der Waals surface area contributed by atoms with E-state index < -0.39 is 0 Å². The van der Waals surface area contributed by atoms with Crippen molar-refractivity contribution in [2.75, 3.05) is 0 Å². The normalized spacial score (nSPS) is 11.8. The van der Waals surface area contributed by atoms with Crippen LogP contribution in [0.1, 0.15) is 26.3 Å². The first-order chi connectivity index (χ1) is 5.43. The Bertz CT molecular complexity index is 286. The molecule has 0 atom stereocenters. The van der Waals surface area contributed by atoms with Gasteiger partial charge in [-0.3, -0.25) is 0 Å². The molecule has 0 N–H and O–H groups in total. The minimum atomic E-state index is 0.143. The SMILES string of the molecule is CC(C)(C)c1cccc(Cl)c1Br. The summed E-state index contributed by atoms with van der Waals surface area (Å²) >= 11 is 9.46. The third kappa shape index (κ3) is 2.02. The van der Waals surface area contributed by atoms with Crippen LogP contribution in [-0.4, -0.2) is 0 Å². The highest BCUT2D eigenvalue weighted by atomic mass is 79.9. The van der Waals surface area contributed by atoms with Crippen LogP contribution in [0.3, 0.4) is 0 Å². The molecule has 0 radical (unpaired) electrons. The van der Waals surface area contributed by atoms with Crippen LogP contribution < -0.4 is 0 Å². The van der Waals surface area contributed by atoms with Gasteiger partial charge in [0.1, 0.15) is 0 Å². The Morgan fingerprint density at radius 2 is 1.83 bits per heavy atom.